The van der Waals surface area contributed by atoms with Crippen molar-refractivity contribution in [2.75, 3.05) is 46.4 Å². The monoisotopic (exact) mass is 376 g/mol. The van der Waals surface area contributed by atoms with Crippen LogP contribution in [0.1, 0.15) is 42.5 Å². The first-order valence-electron chi connectivity index (χ1n) is 10.1. The Morgan fingerprint density at radius 2 is 2.07 bits per heavy atom. The number of carbonyl (C=O) groups is 1. The third-order valence-corrected chi connectivity index (χ3v) is 6.24. The fraction of sp³-hybridized carbons (Fsp3) is 0.667. The van der Waals surface area contributed by atoms with Gasteiger partial charge in [0.25, 0.3) is 5.91 Å². The van der Waals surface area contributed by atoms with Gasteiger partial charge in [0.1, 0.15) is 5.60 Å². The number of ether oxygens (including phenoxy) is 2. The second-order valence-electron chi connectivity index (χ2n) is 8.27. The zero-order valence-electron chi connectivity index (χ0n) is 16.1. The van der Waals surface area contributed by atoms with Crippen LogP contribution in [-0.4, -0.2) is 67.7 Å². The standard InChI is InChI=1S/C21H29FN2O3/c1-26-19-6-5-17(11-18(19)22)20(25)24-14-21(15-24)8-7-16(13-27-21)12-23-9-3-2-4-10-23/h5-6,11,16H,2-4,7-10,12-15H2,1H3/t16-/m1/s1. The van der Waals surface area contributed by atoms with Gasteiger partial charge in [-0.05, 0) is 62.9 Å². The van der Waals surface area contributed by atoms with Crippen molar-refractivity contribution in [2.24, 2.45) is 5.92 Å². The maximum atomic E-state index is 13.9. The van der Waals surface area contributed by atoms with Gasteiger partial charge in [0.05, 0.1) is 26.8 Å². The molecule has 148 valence electrons. The number of amides is 1. The molecule has 0 unspecified atom stereocenters. The number of nitrogens with zero attached hydrogens (tertiary/aromatic N) is 2. The summed E-state index contributed by atoms with van der Waals surface area (Å²) in [6, 6.07) is 4.37. The van der Waals surface area contributed by atoms with Crippen LogP contribution >= 0.6 is 0 Å². The van der Waals surface area contributed by atoms with Gasteiger partial charge in [0, 0.05) is 12.1 Å². The van der Waals surface area contributed by atoms with E-state index in [2.05, 4.69) is 4.90 Å². The van der Waals surface area contributed by atoms with Crippen LogP contribution in [0.3, 0.4) is 0 Å². The van der Waals surface area contributed by atoms with Crippen molar-refractivity contribution >= 4 is 5.91 Å². The first kappa shape index (κ1) is 18.7. The van der Waals surface area contributed by atoms with Crippen molar-refractivity contribution in [1.82, 2.24) is 9.80 Å². The largest absolute Gasteiger partial charge is 0.494 e. The number of likely N-dealkylation sites (tertiary alicyclic amines) is 2. The van der Waals surface area contributed by atoms with Gasteiger partial charge in [-0.1, -0.05) is 6.42 Å². The molecule has 0 saturated carbocycles. The molecule has 27 heavy (non-hydrogen) atoms. The molecule has 3 heterocycles. The van der Waals surface area contributed by atoms with Crippen LogP contribution in [0, 0.1) is 11.7 Å². The Bertz CT molecular complexity index is 674. The molecule has 3 fully saturated rings. The highest BCUT2D eigenvalue weighted by atomic mass is 19.1. The molecule has 0 N–H and O–H groups in total. The molecule has 4 rings (SSSR count). The van der Waals surface area contributed by atoms with E-state index in [9.17, 15) is 9.18 Å². The van der Waals surface area contributed by atoms with Crippen molar-refractivity contribution < 1.29 is 18.7 Å². The van der Waals surface area contributed by atoms with Gasteiger partial charge in [0.2, 0.25) is 0 Å². The molecule has 3 saturated heterocycles. The van der Waals surface area contributed by atoms with Gasteiger partial charge < -0.3 is 19.3 Å². The maximum Gasteiger partial charge on any atom is 0.254 e. The minimum atomic E-state index is -0.506. The minimum absolute atomic E-state index is 0.138. The number of hydrogen-bond acceptors (Lipinski definition) is 4. The number of carbonyl (C=O) groups excluding carboxylic acids is 1. The van der Waals surface area contributed by atoms with E-state index in [1.165, 1.54) is 51.6 Å². The van der Waals surface area contributed by atoms with E-state index in [-0.39, 0.29) is 17.3 Å². The highest BCUT2D eigenvalue weighted by Gasteiger charge is 2.48. The molecule has 3 aliphatic heterocycles. The Balaban J connectivity index is 1.26. The molecular weight excluding hydrogens is 347 g/mol. The SMILES string of the molecule is COc1ccc(C(=O)N2CC3(CC[C@H](CN4CCCCC4)CO3)C2)cc1F. The van der Waals surface area contributed by atoms with Crippen LogP contribution in [0.4, 0.5) is 4.39 Å². The van der Waals surface area contributed by atoms with Gasteiger partial charge in [-0.25, -0.2) is 4.39 Å². The van der Waals surface area contributed by atoms with Gasteiger partial charge in [0.15, 0.2) is 11.6 Å². The second kappa shape index (κ2) is 7.76. The van der Waals surface area contributed by atoms with Gasteiger partial charge in [-0.3, -0.25) is 4.79 Å². The van der Waals surface area contributed by atoms with E-state index in [0.29, 0.717) is 24.6 Å². The molecule has 3 aliphatic rings. The molecule has 0 radical (unpaired) electrons. The Morgan fingerprint density at radius 1 is 1.30 bits per heavy atom. The molecule has 0 aliphatic carbocycles. The average Bonchev–Trinajstić information content (AvgIpc) is 2.67. The number of benzene rings is 1. The highest BCUT2D eigenvalue weighted by Crippen LogP contribution is 2.37. The lowest BCUT2D eigenvalue weighted by atomic mass is 9.82. The van der Waals surface area contributed by atoms with Crippen molar-refractivity contribution in [3.05, 3.63) is 29.6 Å². The van der Waals surface area contributed by atoms with Crippen molar-refractivity contribution in [3.63, 3.8) is 0 Å². The lowest BCUT2D eigenvalue weighted by Gasteiger charge is -2.53. The number of hydrogen-bond donors (Lipinski definition) is 0. The van der Waals surface area contributed by atoms with E-state index in [0.717, 1.165) is 26.0 Å². The zero-order valence-corrected chi connectivity index (χ0v) is 16.1. The van der Waals surface area contributed by atoms with Gasteiger partial charge in [-0.15, -0.1) is 0 Å². The average molecular weight is 376 g/mol. The summed E-state index contributed by atoms with van der Waals surface area (Å²) < 4.78 is 25.0. The Hall–Kier alpha value is -1.66. The smallest absolute Gasteiger partial charge is 0.254 e. The van der Waals surface area contributed by atoms with Crippen LogP contribution in [0.2, 0.25) is 0 Å². The van der Waals surface area contributed by atoms with E-state index in [4.69, 9.17) is 9.47 Å². The molecule has 6 heteroatoms. The predicted molar refractivity (Wildman–Crippen MR) is 101 cm³/mol. The van der Waals surface area contributed by atoms with Crippen molar-refractivity contribution in [1.29, 1.82) is 0 Å². The Morgan fingerprint density at radius 3 is 2.70 bits per heavy atom. The summed E-state index contributed by atoms with van der Waals surface area (Å²) in [7, 11) is 1.41. The first-order valence-corrected chi connectivity index (χ1v) is 10.1. The Kier molecular flexibility index (Phi) is 5.37. The van der Waals surface area contributed by atoms with E-state index >= 15 is 0 Å². The fourth-order valence-electron chi connectivity index (χ4n) is 4.59. The van der Waals surface area contributed by atoms with E-state index in [1.54, 1.807) is 11.0 Å². The predicted octanol–water partition coefficient (Wildman–Crippen LogP) is 2.94. The molecule has 1 spiro atoms. The summed E-state index contributed by atoms with van der Waals surface area (Å²) in [5, 5.41) is 0. The molecule has 5 nitrogen and oxygen atoms in total. The maximum absolute atomic E-state index is 13.9. The van der Waals surface area contributed by atoms with Crippen LogP contribution in [0.5, 0.6) is 5.75 Å². The molecule has 1 aromatic rings. The quantitative estimate of drug-likeness (QED) is 0.810. The molecule has 0 bridgehead atoms. The van der Waals surface area contributed by atoms with E-state index < -0.39 is 5.82 Å². The van der Waals surface area contributed by atoms with Gasteiger partial charge in [-0.2, -0.15) is 0 Å². The summed E-state index contributed by atoms with van der Waals surface area (Å²) in [4.78, 5) is 16.9. The lowest BCUT2D eigenvalue weighted by Crippen LogP contribution is -2.66. The van der Waals surface area contributed by atoms with Crippen LogP contribution < -0.4 is 4.74 Å². The van der Waals surface area contributed by atoms with Crippen LogP contribution in [0.25, 0.3) is 0 Å². The number of piperidine rings is 1. The number of methoxy groups -OCH3 is 1. The number of rotatable bonds is 4. The lowest BCUT2D eigenvalue weighted by molar-refractivity contribution is -0.168. The molecule has 1 aromatic carbocycles. The minimum Gasteiger partial charge on any atom is -0.494 e. The third kappa shape index (κ3) is 3.97. The summed E-state index contributed by atoms with van der Waals surface area (Å²) in [6.45, 7) is 5.59. The number of halogens is 1. The fourth-order valence-corrected chi connectivity index (χ4v) is 4.59. The van der Waals surface area contributed by atoms with E-state index in [1.807, 2.05) is 0 Å². The topological polar surface area (TPSA) is 42.0 Å². The highest BCUT2D eigenvalue weighted by molar-refractivity contribution is 5.95. The first-order chi connectivity index (χ1) is 13.1. The molecule has 1 amide bonds. The third-order valence-electron chi connectivity index (χ3n) is 6.24. The summed E-state index contributed by atoms with van der Waals surface area (Å²) in [5.41, 5.74) is 0.181. The van der Waals surface area contributed by atoms with Crippen LogP contribution in [0.15, 0.2) is 18.2 Å². The normalized spacial score (nSPS) is 25.3. The Labute approximate surface area is 160 Å². The second-order valence-corrected chi connectivity index (χ2v) is 8.27. The zero-order chi connectivity index (χ0) is 18.9. The summed E-state index contributed by atoms with van der Waals surface area (Å²) in [5.74, 6) is 0.116. The van der Waals surface area contributed by atoms with Crippen molar-refractivity contribution in [2.45, 2.75) is 37.7 Å². The van der Waals surface area contributed by atoms with Gasteiger partial charge >= 0.3 is 0 Å². The molecular formula is C21H29FN2O3. The van der Waals surface area contributed by atoms with Crippen LogP contribution in [-0.2, 0) is 4.74 Å². The molecule has 0 aromatic heterocycles. The van der Waals surface area contributed by atoms with Crippen molar-refractivity contribution in [3.8, 4) is 5.75 Å². The molecule has 1 atom stereocenters. The summed E-state index contributed by atoms with van der Waals surface area (Å²) >= 11 is 0. The summed E-state index contributed by atoms with van der Waals surface area (Å²) in [6.07, 6.45) is 6.17.